The van der Waals surface area contributed by atoms with E-state index in [0.29, 0.717) is 6.61 Å². The Morgan fingerprint density at radius 2 is 2.27 bits per heavy atom. The van der Waals surface area contributed by atoms with Gasteiger partial charge in [-0.25, -0.2) is 0 Å². The minimum atomic E-state index is 0.178. The molecule has 1 aromatic rings. The van der Waals surface area contributed by atoms with E-state index in [9.17, 15) is 0 Å². The Morgan fingerprint density at radius 3 is 3.09 bits per heavy atom. The van der Waals surface area contributed by atoms with Crippen molar-refractivity contribution in [1.29, 1.82) is 0 Å². The van der Waals surface area contributed by atoms with Crippen molar-refractivity contribution in [2.45, 2.75) is 5.92 Å². The molecule has 1 N–H and O–H groups in total. The largest absolute Gasteiger partial charge is 0.493 e. The van der Waals surface area contributed by atoms with Gasteiger partial charge in [-0.15, -0.1) is 0 Å². The van der Waals surface area contributed by atoms with Crippen LogP contribution in [-0.4, -0.2) is 18.3 Å². The summed E-state index contributed by atoms with van der Waals surface area (Å²) >= 11 is 0. The molecule has 1 aromatic carbocycles. The van der Waals surface area contributed by atoms with E-state index < -0.39 is 0 Å². The Hall–Kier alpha value is -1.02. The molecule has 1 aliphatic heterocycles. The summed E-state index contributed by atoms with van der Waals surface area (Å²) in [6.07, 6.45) is 0. The van der Waals surface area contributed by atoms with E-state index >= 15 is 0 Å². The maximum absolute atomic E-state index is 8.93. The van der Waals surface area contributed by atoms with Crippen molar-refractivity contribution in [3.8, 4) is 5.75 Å². The molecule has 0 spiro atoms. The summed E-state index contributed by atoms with van der Waals surface area (Å²) in [4.78, 5) is 0. The average Bonchev–Trinajstić information content (AvgIpc) is 2.47. The van der Waals surface area contributed by atoms with Crippen LogP contribution in [0.2, 0.25) is 0 Å². The summed E-state index contributed by atoms with van der Waals surface area (Å²) in [5, 5.41) is 8.93. The van der Waals surface area contributed by atoms with Crippen LogP contribution in [0.15, 0.2) is 24.3 Å². The van der Waals surface area contributed by atoms with E-state index in [4.69, 9.17) is 9.84 Å². The second kappa shape index (κ2) is 2.55. The number of hydrogen-bond donors (Lipinski definition) is 1. The van der Waals surface area contributed by atoms with Crippen LogP contribution in [-0.2, 0) is 0 Å². The summed E-state index contributed by atoms with van der Waals surface area (Å²) < 4.78 is 5.34. The Bertz CT molecular complexity index is 257. The zero-order valence-corrected chi connectivity index (χ0v) is 6.16. The van der Waals surface area contributed by atoms with Gasteiger partial charge in [-0.3, -0.25) is 0 Å². The van der Waals surface area contributed by atoms with Crippen molar-refractivity contribution in [1.82, 2.24) is 0 Å². The van der Waals surface area contributed by atoms with Crippen LogP contribution < -0.4 is 4.74 Å². The zero-order valence-electron chi connectivity index (χ0n) is 6.16. The van der Waals surface area contributed by atoms with Crippen LogP contribution in [0.4, 0.5) is 0 Å². The molecule has 11 heavy (non-hydrogen) atoms. The summed E-state index contributed by atoms with van der Waals surface area (Å²) in [5.74, 6) is 1.11. The number of rotatable bonds is 1. The van der Waals surface area contributed by atoms with Crippen LogP contribution in [0.25, 0.3) is 0 Å². The number of ether oxygens (including phenoxy) is 1. The minimum Gasteiger partial charge on any atom is -0.493 e. The molecule has 0 aliphatic carbocycles. The molecule has 0 saturated carbocycles. The van der Waals surface area contributed by atoms with Gasteiger partial charge in [-0.2, -0.15) is 0 Å². The molecule has 2 heteroatoms. The molecule has 0 amide bonds. The fourth-order valence-corrected chi connectivity index (χ4v) is 1.38. The van der Waals surface area contributed by atoms with Crippen molar-refractivity contribution < 1.29 is 9.84 Å². The first-order chi connectivity index (χ1) is 5.42. The van der Waals surface area contributed by atoms with Crippen LogP contribution in [0.5, 0.6) is 5.75 Å². The number of para-hydroxylation sites is 1. The van der Waals surface area contributed by atoms with E-state index in [1.165, 1.54) is 0 Å². The molecule has 2 rings (SSSR count). The Morgan fingerprint density at radius 1 is 1.45 bits per heavy atom. The highest BCUT2D eigenvalue weighted by atomic mass is 16.5. The van der Waals surface area contributed by atoms with Crippen molar-refractivity contribution >= 4 is 0 Å². The summed E-state index contributed by atoms with van der Waals surface area (Å²) in [6.45, 7) is 0.798. The van der Waals surface area contributed by atoms with E-state index in [-0.39, 0.29) is 12.5 Å². The summed E-state index contributed by atoms with van der Waals surface area (Å²) in [6, 6.07) is 7.85. The molecule has 2 nitrogen and oxygen atoms in total. The van der Waals surface area contributed by atoms with E-state index in [1.54, 1.807) is 0 Å². The number of aliphatic hydroxyl groups excluding tert-OH is 1. The first-order valence-corrected chi connectivity index (χ1v) is 3.74. The summed E-state index contributed by atoms with van der Waals surface area (Å²) in [5.41, 5.74) is 1.13. The van der Waals surface area contributed by atoms with Crippen molar-refractivity contribution in [2.24, 2.45) is 0 Å². The Labute approximate surface area is 65.4 Å². The third-order valence-corrected chi connectivity index (χ3v) is 2.02. The second-order valence-electron chi connectivity index (χ2n) is 2.73. The number of benzene rings is 1. The maximum atomic E-state index is 8.93. The highest BCUT2D eigenvalue weighted by Crippen LogP contribution is 2.32. The molecule has 0 aromatic heterocycles. The Kier molecular flexibility index (Phi) is 1.55. The molecule has 0 bridgehead atoms. The van der Waals surface area contributed by atoms with Crippen molar-refractivity contribution in [2.75, 3.05) is 13.2 Å². The fourth-order valence-electron chi connectivity index (χ4n) is 1.38. The van der Waals surface area contributed by atoms with Crippen molar-refractivity contribution in [3.05, 3.63) is 29.8 Å². The van der Waals surface area contributed by atoms with Crippen LogP contribution >= 0.6 is 0 Å². The van der Waals surface area contributed by atoms with Gasteiger partial charge in [0, 0.05) is 11.5 Å². The minimum absolute atomic E-state index is 0.178. The molecule has 1 aliphatic rings. The van der Waals surface area contributed by atoms with Gasteiger partial charge in [0.05, 0.1) is 13.2 Å². The van der Waals surface area contributed by atoms with E-state index in [2.05, 4.69) is 0 Å². The SMILES string of the molecule is OCC1COc2ccccc21. The number of aliphatic hydroxyl groups is 1. The molecular weight excluding hydrogens is 140 g/mol. The van der Waals surface area contributed by atoms with Gasteiger partial charge in [0.25, 0.3) is 0 Å². The van der Waals surface area contributed by atoms with Gasteiger partial charge >= 0.3 is 0 Å². The predicted octanol–water partition coefficient (Wildman–Crippen LogP) is 1.15. The zero-order chi connectivity index (χ0) is 7.68. The first-order valence-electron chi connectivity index (χ1n) is 3.74. The molecule has 0 fully saturated rings. The molecule has 1 atom stereocenters. The van der Waals surface area contributed by atoms with Gasteiger partial charge in [0.2, 0.25) is 0 Å². The number of fused-ring (bicyclic) bond motifs is 1. The van der Waals surface area contributed by atoms with Gasteiger partial charge in [-0.05, 0) is 6.07 Å². The van der Waals surface area contributed by atoms with E-state index in [1.807, 2.05) is 24.3 Å². The molecule has 0 radical (unpaired) electrons. The molecule has 0 saturated heterocycles. The number of hydrogen-bond acceptors (Lipinski definition) is 2. The lowest BCUT2D eigenvalue weighted by molar-refractivity contribution is 0.232. The second-order valence-corrected chi connectivity index (χ2v) is 2.73. The highest BCUT2D eigenvalue weighted by molar-refractivity contribution is 5.39. The third-order valence-electron chi connectivity index (χ3n) is 2.02. The quantitative estimate of drug-likeness (QED) is 0.650. The van der Waals surface area contributed by atoms with Gasteiger partial charge in [0.15, 0.2) is 0 Å². The molecule has 58 valence electrons. The smallest absolute Gasteiger partial charge is 0.123 e. The summed E-state index contributed by atoms with van der Waals surface area (Å²) in [7, 11) is 0. The normalized spacial score (nSPS) is 21.0. The van der Waals surface area contributed by atoms with Crippen LogP contribution in [0.1, 0.15) is 11.5 Å². The van der Waals surface area contributed by atoms with Crippen LogP contribution in [0, 0.1) is 0 Å². The van der Waals surface area contributed by atoms with E-state index in [0.717, 1.165) is 11.3 Å². The average molecular weight is 150 g/mol. The fraction of sp³-hybridized carbons (Fsp3) is 0.333. The lowest BCUT2D eigenvalue weighted by atomic mass is 10.0. The molecular formula is C9H10O2. The van der Waals surface area contributed by atoms with Gasteiger partial charge in [0.1, 0.15) is 5.75 Å². The monoisotopic (exact) mass is 150 g/mol. The standard InChI is InChI=1S/C9H10O2/c10-5-7-6-11-9-4-2-1-3-8(7)9/h1-4,7,10H,5-6H2. The lowest BCUT2D eigenvalue weighted by Gasteiger charge is -2.01. The van der Waals surface area contributed by atoms with Crippen LogP contribution in [0.3, 0.4) is 0 Å². The maximum Gasteiger partial charge on any atom is 0.123 e. The third kappa shape index (κ3) is 0.994. The highest BCUT2D eigenvalue weighted by Gasteiger charge is 2.21. The topological polar surface area (TPSA) is 29.5 Å². The molecule has 1 unspecified atom stereocenters. The first kappa shape index (κ1) is 6.68. The predicted molar refractivity (Wildman–Crippen MR) is 41.8 cm³/mol. The Balaban J connectivity index is 2.39. The van der Waals surface area contributed by atoms with Gasteiger partial charge < -0.3 is 9.84 Å². The van der Waals surface area contributed by atoms with Crippen molar-refractivity contribution in [3.63, 3.8) is 0 Å². The molecule has 1 heterocycles. The van der Waals surface area contributed by atoms with Gasteiger partial charge in [-0.1, -0.05) is 18.2 Å². The lowest BCUT2D eigenvalue weighted by Crippen LogP contribution is -2.04.